The third-order valence-corrected chi connectivity index (χ3v) is 5.41. The number of rotatable bonds is 6. The molecule has 0 spiro atoms. The Labute approximate surface area is 160 Å². The highest BCUT2D eigenvalue weighted by molar-refractivity contribution is 5.76. The average molecular weight is 370 g/mol. The van der Waals surface area contributed by atoms with Gasteiger partial charge < -0.3 is 4.90 Å². The molecule has 0 aliphatic carbocycles. The Balaban J connectivity index is 1.52. The fraction of sp³-hybridized carbons (Fsp3) is 0.571. The van der Waals surface area contributed by atoms with Crippen LogP contribution in [0.4, 0.5) is 0 Å². The number of aryl methyl sites for hydroxylation is 2. The lowest BCUT2D eigenvalue weighted by Crippen LogP contribution is -2.38. The Bertz CT molecular complexity index is 814. The predicted octanol–water partition coefficient (Wildman–Crippen LogP) is 2.89. The third kappa shape index (κ3) is 4.49. The number of hydrogen-bond acceptors (Lipinski definition) is 3. The molecule has 27 heavy (non-hydrogen) atoms. The maximum absolute atomic E-state index is 12.5. The Hall–Kier alpha value is -2.37. The number of piperidine rings is 1. The summed E-state index contributed by atoms with van der Waals surface area (Å²) in [5, 5.41) is 4.47. The zero-order valence-electron chi connectivity index (χ0n) is 16.6. The molecule has 1 saturated heterocycles. The van der Waals surface area contributed by atoms with Crippen LogP contribution in [0.5, 0.6) is 0 Å². The maximum atomic E-state index is 12.5. The molecule has 0 N–H and O–H groups in total. The van der Waals surface area contributed by atoms with E-state index in [0.717, 1.165) is 44.6 Å². The minimum absolute atomic E-state index is 0.0561. The number of likely N-dealkylation sites (tertiary alicyclic amines) is 1. The number of carbonyl (C=O) groups excluding carboxylic acids is 1. The van der Waals surface area contributed by atoms with E-state index in [4.69, 9.17) is 0 Å². The number of aromatic nitrogens is 3. The normalized spacial score (nSPS) is 15.5. The van der Waals surface area contributed by atoms with Crippen LogP contribution in [-0.4, -0.2) is 38.2 Å². The molecule has 0 unspecified atom stereocenters. The minimum Gasteiger partial charge on any atom is -0.343 e. The lowest BCUT2D eigenvalue weighted by Gasteiger charge is -2.32. The fourth-order valence-electron chi connectivity index (χ4n) is 3.90. The Kier molecular flexibility index (Phi) is 6.14. The molecule has 0 radical (unpaired) electrons. The quantitative estimate of drug-likeness (QED) is 0.785. The molecule has 6 nitrogen and oxygen atoms in total. The molecule has 1 aromatic heterocycles. The van der Waals surface area contributed by atoms with Crippen molar-refractivity contribution in [1.29, 1.82) is 0 Å². The largest absolute Gasteiger partial charge is 0.345 e. The van der Waals surface area contributed by atoms with Gasteiger partial charge in [0.15, 0.2) is 0 Å². The monoisotopic (exact) mass is 370 g/mol. The van der Waals surface area contributed by atoms with Crippen LogP contribution in [0.25, 0.3) is 0 Å². The van der Waals surface area contributed by atoms with Crippen LogP contribution in [0.15, 0.2) is 35.1 Å². The van der Waals surface area contributed by atoms with E-state index < -0.39 is 0 Å². The molecular weight excluding hydrogens is 340 g/mol. The van der Waals surface area contributed by atoms with Crippen LogP contribution < -0.4 is 5.69 Å². The first-order chi connectivity index (χ1) is 13.0. The van der Waals surface area contributed by atoms with Crippen molar-refractivity contribution < 1.29 is 4.79 Å². The van der Waals surface area contributed by atoms with Crippen molar-refractivity contribution in [3.63, 3.8) is 0 Å². The summed E-state index contributed by atoms with van der Waals surface area (Å²) in [5.74, 6) is 1.36. The lowest BCUT2D eigenvalue weighted by atomic mass is 9.95. The number of carbonyl (C=O) groups is 1. The smallest absolute Gasteiger partial charge is 0.343 e. The van der Waals surface area contributed by atoms with E-state index in [1.54, 1.807) is 11.6 Å². The van der Waals surface area contributed by atoms with Gasteiger partial charge in [0.1, 0.15) is 5.82 Å². The third-order valence-electron chi connectivity index (χ3n) is 5.41. The number of hydrogen-bond donors (Lipinski definition) is 0. The molecule has 6 heteroatoms. The molecule has 1 fully saturated rings. The minimum atomic E-state index is -0.0561. The summed E-state index contributed by atoms with van der Waals surface area (Å²) in [7, 11) is 1.70. The van der Waals surface area contributed by atoms with Crippen molar-refractivity contribution in [3.8, 4) is 0 Å². The molecule has 3 rings (SSSR count). The molecule has 2 aromatic rings. The second-order valence-electron chi connectivity index (χ2n) is 7.72. The topological polar surface area (TPSA) is 60.1 Å². The van der Waals surface area contributed by atoms with Crippen molar-refractivity contribution in [2.45, 2.75) is 57.9 Å². The van der Waals surface area contributed by atoms with E-state index in [2.05, 4.69) is 17.2 Å². The van der Waals surface area contributed by atoms with Crippen molar-refractivity contribution in [1.82, 2.24) is 19.2 Å². The first-order valence-corrected chi connectivity index (χ1v) is 9.94. The molecule has 0 atom stereocenters. The van der Waals surface area contributed by atoms with Crippen molar-refractivity contribution in [3.05, 3.63) is 52.2 Å². The second-order valence-corrected chi connectivity index (χ2v) is 7.72. The maximum Gasteiger partial charge on any atom is 0.345 e. The van der Waals surface area contributed by atoms with Gasteiger partial charge in [-0.2, -0.15) is 5.10 Å². The van der Waals surface area contributed by atoms with Gasteiger partial charge in [0.05, 0.1) is 0 Å². The van der Waals surface area contributed by atoms with Crippen molar-refractivity contribution >= 4 is 5.91 Å². The van der Waals surface area contributed by atoms with Crippen LogP contribution in [0.1, 0.15) is 62.9 Å². The highest BCUT2D eigenvalue weighted by atomic mass is 16.2. The summed E-state index contributed by atoms with van der Waals surface area (Å²) in [6.45, 7) is 5.52. The summed E-state index contributed by atoms with van der Waals surface area (Å²) in [6, 6.07) is 10.4. The number of benzene rings is 1. The van der Waals surface area contributed by atoms with E-state index in [-0.39, 0.29) is 23.6 Å². The Morgan fingerprint density at radius 2 is 1.85 bits per heavy atom. The van der Waals surface area contributed by atoms with Gasteiger partial charge in [0, 0.05) is 38.5 Å². The summed E-state index contributed by atoms with van der Waals surface area (Å²) in [5.41, 5.74) is 1.23. The standard InChI is InChI=1S/C21H30N4O2/c1-16(2)25-20(22-23(3)21(25)27)18-12-14-24(15-13-18)19(26)11-7-10-17-8-5-4-6-9-17/h4-6,8-9,16,18H,7,10-15H2,1-3H3. The fourth-order valence-corrected chi connectivity index (χ4v) is 3.90. The predicted molar refractivity (Wildman–Crippen MR) is 106 cm³/mol. The molecule has 0 saturated carbocycles. The molecule has 1 aliphatic heterocycles. The highest BCUT2D eigenvalue weighted by Gasteiger charge is 2.28. The Morgan fingerprint density at radius 1 is 1.19 bits per heavy atom. The number of amides is 1. The van der Waals surface area contributed by atoms with Gasteiger partial charge in [0.25, 0.3) is 0 Å². The molecule has 146 valence electrons. The van der Waals surface area contributed by atoms with Crippen LogP contribution in [0.3, 0.4) is 0 Å². The van der Waals surface area contributed by atoms with E-state index >= 15 is 0 Å². The van der Waals surface area contributed by atoms with Gasteiger partial charge in [-0.05, 0) is 45.1 Å². The van der Waals surface area contributed by atoms with E-state index in [1.165, 1.54) is 10.2 Å². The molecule has 0 bridgehead atoms. The lowest BCUT2D eigenvalue weighted by molar-refractivity contribution is -0.132. The van der Waals surface area contributed by atoms with Gasteiger partial charge >= 0.3 is 5.69 Å². The molecule has 1 aromatic carbocycles. The first-order valence-electron chi connectivity index (χ1n) is 9.94. The van der Waals surface area contributed by atoms with E-state index in [9.17, 15) is 9.59 Å². The highest BCUT2D eigenvalue weighted by Crippen LogP contribution is 2.27. The first kappa shape index (κ1) is 19.4. The van der Waals surface area contributed by atoms with Crippen molar-refractivity contribution in [2.75, 3.05) is 13.1 Å². The van der Waals surface area contributed by atoms with Crippen LogP contribution >= 0.6 is 0 Å². The molecule has 1 amide bonds. The zero-order chi connectivity index (χ0) is 19.4. The summed E-state index contributed by atoms with van der Waals surface area (Å²) < 4.78 is 3.22. The van der Waals surface area contributed by atoms with Crippen molar-refractivity contribution in [2.24, 2.45) is 7.05 Å². The number of nitrogens with zero attached hydrogens (tertiary/aromatic N) is 4. The summed E-state index contributed by atoms with van der Waals surface area (Å²) in [4.78, 5) is 26.8. The average Bonchev–Trinajstić information content (AvgIpc) is 2.97. The molecule has 1 aliphatic rings. The Morgan fingerprint density at radius 3 is 2.48 bits per heavy atom. The molecule has 2 heterocycles. The zero-order valence-corrected chi connectivity index (χ0v) is 16.6. The van der Waals surface area contributed by atoms with Crippen LogP contribution in [0.2, 0.25) is 0 Å². The van der Waals surface area contributed by atoms with Crippen LogP contribution in [-0.2, 0) is 18.3 Å². The molecular formula is C21H30N4O2. The summed E-state index contributed by atoms with van der Waals surface area (Å²) in [6.07, 6.45) is 4.16. The second kappa shape index (κ2) is 8.55. The van der Waals surface area contributed by atoms with Gasteiger partial charge in [-0.1, -0.05) is 30.3 Å². The van der Waals surface area contributed by atoms with Gasteiger partial charge in [-0.3, -0.25) is 9.36 Å². The van der Waals surface area contributed by atoms with Gasteiger partial charge in [-0.25, -0.2) is 9.48 Å². The van der Waals surface area contributed by atoms with Gasteiger partial charge in [-0.15, -0.1) is 0 Å². The van der Waals surface area contributed by atoms with Gasteiger partial charge in [0.2, 0.25) is 5.91 Å². The summed E-state index contributed by atoms with van der Waals surface area (Å²) >= 11 is 0. The van der Waals surface area contributed by atoms with E-state index in [1.807, 2.05) is 36.9 Å². The van der Waals surface area contributed by atoms with E-state index in [0.29, 0.717) is 6.42 Å². The van der Waals surface area contributed by atoms with Crippen LogP contribution in [0, 0.1) is 0 Å². The SMILES string of the molecule is CC(C)n1c(C2CCN(C(=O)CCCc3ccccc3)CC2)nn(C)c1=O.